The highest BCUT2D eigenvalue weighted by Crippen LogP contribution is 2.36. The lowest BCUT2D eigenvalue weighted by atomic mass is 10.2. The molecule has 2 aromatic carbocycles. The molecular formula is C16H16Cl3NO. The van der Waals surface area contributed by atoms with E-state index in [1.165, 1.54) is 5.56 Å². The third-order valence-electron chi connectivity index (χ3n) is 2.88. The standard InChI is InChI=1S/C16H16Cl3NO/c1-2-7-20-10-11-3-5-12(6-4-11)21-16-9-14(18)13(17)8-15(16)19/h3-6,8-9,20H,2,7,10H2,1H3. The third kappa shape index (κ3) is 4.79. The minimum absolute atomic E-state index is 0.409. The summed E-state index contributed by atoms with van der Waals surface area (Å²) in [7, 11) is 0. The summed E-state index contributed by atoms with van der Waals surface area (Å²) >= 11 is 17.9. The smallest absolute Gasteiger partial charge is 0.147 e. The molecule has 112 valence electrons. The zero-order valence-corrected chi connectivity index (χ0v) is 13.9. The van der Waals surface area contributed by atoms with E-state index in [0.717, 1.165) is 19.5 Å². The van der Waals surface area contributed by atoms with Gasteiger partial charge in [0.2, 0.25) is 0 Å². The maximum Gasteiger partial charge on any atom is 0.147 e. The molecule has 0 saturated heterocycles. The van der Waals surface area contributed by atoms with Crippen molar-refractivity contribution in [2.24, 2.45) is 0 Å². The van der Waals surface area contributed by atoms with Crippen LogP contribution in [0.3, 0.4) is 0 Å². The first kappa shape index (κ1) is 16.4. The van der Waals surface area contributed by atoms with Crippen LogP contribution in [0.15, 0.2) is 36.4 Å². The van der Waals surface area contributed by atoms with Crippen molar-refractivity contribution in [3.05, 3.63) is 57.0 Å². The van der Waals surface area contributed by atoms with Gasteiger partial charge in [0.25, 0.3) is 0 Å². The number of halogens is 3. The number of nitrogens with one attached hydrogen (secondary N) is 1. The minimum Gasteiger partial charge on any atom is -0.456 e. The number of hydrogen-bond donors (Lipinski definition) is 1. The van der Waals surface area contributed by atoms with Crippen LogP contribution in [0.2, 0.25) is 15.1 Å². The van der Waals surface area contributed by atoms with Gasteiger partial charge in [-0.1, -0.05) is 53.9 Å². The fourth-order valence-electron chi connectivity index (χ4n) is 1.79. The van der Waals surface area contributed by atoms with Crippen LogP contribution in [0.5, 0.6) is 11.5 Å². The molecule has 0 aliphatic carbocycles. The fraction of sp³-hybridized carbons (Fsp3) is 0.250. The Morgan fingerprint density at radius 3 is 2.29 bits per heavy atom. The van der Waals surface area contributed by atoms with E-state index in [-0.39, 0.29) is 0 Å². The molecule has 0 spiro atoms. The highest BCUT2D eigenvalue weighted by Gasteiger charge is 2.08. The summed E-state index contributed by atoms with van der Waals surface area (Å²) in [6.45, 7) is 4.00. The second-order valence-corrected chi connectivity index (χ2v) is 5.84. The summed E-state index contributed by atoms with van der Waals surface area (Å²) < 4.78 is 5.73. The van der Waals surface area contributed by atoms with E-state index in [0.29, 0.717) is 26.6 Å². The Kier molecular flexibility index (Phi) is 6.19. The summed E-state index contributed by atoms with van der Waals surface area (Å²) in [4.78, 5) is 0. The van der Waals surface area contributed by atoms with Crippen LogP contribution in [-0.4, -0.2) is 6.54 Å². The lowest BCUT2D eigenvalue weighted by Gasteiger charge is -2.10. The number of ether oxygens (including phenoxy) is 1. The summed E-state index contributed by atoms with van der Waals surface area (Å²) in [5, 5.41) is 4.60. The molecule has 21 heavy (non-hydrogen) atoms. The van der Waals surface area contributed by atoms with Crippen molar-refractivity contribution in [2.45, 2.75) is 19.9 Å². The van der Waals surface area contributed by atoms with Gasteiger partial charge < -0.3 is 10.1 Å². The van der Waals surface area contributed by atoms with Crippen molar-refractivity contribution in [1.29, 1.82) is 0 Å². The Morgan fingerprint density at radius 2 is 1.62 bits per heavy atom. The van der Waals surface area contributed by atoms with Crippen LogP contribution in [-0.2, 0) is 6.54 Å². The first-order chi connectivity index (χ1) is 10.1. The van der Waals surface area contributed by atoms with Crippen molar-refractivity contribution in [3.8, 4) is 11.5 Å². The summed E-state index contributed by atoms with van der Waals surface area (Å²) in [6, 6.07) is 11.0. The van der Waals surface area contributed by atoms with E-state index in [1.807, 2.05) is 24.3 Å². The lowest BCUT2D eigenvalue weighted by molar-refractivity contribution is 0.482. The Morgan fingerprint density at radius 1 is 0.952 bits per heavy atom. The van der Waals surface area contributed by atoms with Crippen molar-refractivity contribution >= 4 is 34.8 Å². The molecule has 0 bridgehead atoms. The molecule has 0 saturated carbocycles. The molecule has 0 unspecified atom stereocenters. The van der Waals surface area contributed by atoms with Gasteiger partial charge in [0.1, 0.15) is 11.5 Å². The normalized spacial score (nSPS) is 10.7. The second-order valence-electron chi connectivity index (χ2n) is 4.62. The average molecular weight is 345 g/mol. The molecule has 0 aromatic heterocycles. The first-order valence-corrected chi connectivity index (χ1v) is 7.85. The predicted octanol–water partition coefficient (Wildman–Crippen LogP) is 5.94. The molecule has 0 amide bonds. The van der Waals surface area contributed by atoms with E-state index in [9.17, 15) is 0 Å². The molecule has 0 aliphatic heterocycles. The monoisotopic (exact) mass is 343 g/mol. The molecule has 1 N–H and O–H groups in total. The van der Waals surface area contributed by atoms with Crippen LogP contribution < -0.4 is 10.1 Å². The van der Waals surface area contributed by atoms with Gasteiger partial charge >= 0.3 is 0 Å². The van der Waals surface area contributed by atoms with E-state index < -0.39 is 0 Å². The maximum atomic E-state index is 6.09. The molecule has 2 nitrogen and oxygen atoms in total. The van der Waals surface area contributed by atoms with Crippen molar-refractivity contribution in [1.82, 2.24) is 5.32 Å². The maximum absolute atomic E-state index is 6.09. The zero-order chi connectivity index (χ0) is 15.2. The summed E-state index contributed by atoms with van der Waals surface area (Å²) in [5.74, 6) is 1.19. The SMILES string of the molecule is CCCNCc1ccc(Oc2cc(Cl)c(Cl)cc2Cl)cc1. The van der Waals surface area contributed by atoms with Crippen LogP contribution in [0.1, 0.15) is 18.9 Å². The summed E-state index contributed by atoms with van der Waals surface area (Å²) in [5.41, 5.74) is 1.20. The lowest BCUT2D eigenvalue weighted by Crippen LogP contribution is -2.13. The Balaban J connectivity index is 2.05. The second kappa shape index (κ2) is 7.90. The van der Waals surface area contributed by atoms with Gasteiger partial charge in [-0.3, -0.25) is 0 Å². The Hall–Kier alpha value is -0.930. The first-order valence-electron chi connectivity index (χ1n) is 6.72. The number of hydrogen-bond acceptors (Lipinski definition) is 2. The Labute approximate surface area is 140 Å². The van der Waals surface area contributed by atoms with Gasteiger partial charge in [-0.15, -0.1) is 0 Å². The molecule has 0 radical (unpaired) electrons. The molecule has 0 fully saturated rings. The highest BCUT2D eigenvalue weighted by molar-refractivity contribution is 6.43. The molecule has 5 heteroatoms. The van der Waals surface area contributed by atoms with E-state index >= 15 is 0 Å². The number of rotatable bonds is 6. The Bertz CT molecular complexity index is 599. The topological polar surface area (TPSA) is 21.3 Å². The molecular weight excluding hydrogens is 329 g/mol. The molecule has 0 aliphatic rings. The van der Waals surface area contributed by atoms with Gasteiger partial charge in [0.15, 0.2) is 0 Å². The predicted molar refractivity (Wildman–Crippen MR) is 90.0 cm³/mol. The fourth-order valence-corrected chi connectivity index (χ4v) is 2.37. The largest absolute Gasteiger partial charge is 0.456 e. The van der Waals surface area contributed by atoms with Gasteiger partial charge in [-0.05, 0) is 36.7 Å². The van der Waals surface area contributed by atoms with E-state index in [1.54, 1.807) is 12.1 Å². The van der Waals surface area contributed by atoms with Crippen LogP contribution in [0, 0.1) is 0 Å². The molecule has 0 heterocycles. The summed E-state index contributed by atoms with van der Waals surface area (Å²) in [6.07, 6.45) is 1.12. The third-order valence-corrected chi connectivity index (χ3v) is 3.90. The van der Waals surface area contributed by atoms with Crippen molar-refractivity contribution in [2.75, 3.05) is 6.54 Å². The molecule has 2 rings (SSSR count). The van der Waals surface area contributed by atoms with E-state index in [2.05, 4.69) is 12.2 Å². The van der Waals surface area contributed by atoms with Crippen molar-refractivity contribution < 1.29 is 4.74 Å². The van der Waals surface area contributed by atoms with Crippen LogP contribution in [0.4, 0.5) is 0 Å². The minimum atomic E-state index is 0.409. The number of benzene rings is 2. The van der Waals surface area contributed by atoms with Gasteiger partial charge in [-0.25, -0.2) is 0 Å². The molecule has 2 aromatic rings. The van der Waals surface area contributed by atoms with Gasteiger partial charge in [-0.2, -0.15) is 0 Å². The zero-order valence-electron chi connectivity index (χ0n) is 11.6. The van der Waals surface area contributed by atoms with Crippen LogP contribution >= 0.6 is 34.8 Å². The highest BCUT2D eigenvalue weighted by atomic mass is 35.5. The average Bonchev–Trinajstić information content (AvgIpc) is 2.47. The van der Waals surface area contributed by atoms with Gasteiger partial charge in [0, 0.05) is 12.6 Å². The van der Waals surface area contributed by atoms with Crippen LogP contribution in [0.25, 0.3) is 0 Å². The van der Waals surface area contributed by atoms with Gasteiger partial charge in [0.05, 0.1) is 15.1 Å². The van der Waals surface area contributed by atoms with E-state index in [4.69, 9.17) is 39.5 Å². The van der Waals surface area contributed by atoms with Crippen molar-refractivity contribution in [3.63, 3.8) is 0 Å². The quantitative estimate of drug-likeness (QED) is 0.517. The molecule has 0 atom stereocenters.